The van der Waals surface area contributed by atoms with Gasteiger partial charge in [-0.15, -0.1) is 0 Å². The number of hydrogen-bond acceptors (Lipinski definition) is 3. The van der Waals surface area contributed by atoms with E-state index in [1.165, 1.54) is 19.3 Å². The minimum absolute atomic E-state index is 0.175. The van der Waals surface area contributed by atoms with Crippen molar-refractivity contribution in [2.45, 2.75) is 30.6 Å². The third kappa shape index (κ3) is 3.80. The summed E-state index contributed by atoms with van der Waals surface area (Å²) >= 11 is 0. The van der Waals surface area contributed by atoms with Crippen LogP contribution in [0.1, 0.15) is 24.8 Å². The lowest BCUT2D eigenvalue weighted by molar-refractivity contribution is 0.303. The third-order valence-corrected chi connectivity index (χ3v) is 4.43. The number of benzene rings is 1. The first-order valence-electron chi connectivity index (χ1n) is 6.38. The monoisotopic (exact) mass is 268 g/mol. The van der Waals surface area contributed by atoms with E-state index in [2.05, 4.69) is 5.32 Å². The summed E-state index contributed by atoms with van der Waals surface area (Å²) in [5.41, 5.74) is 1.13. The highest BCUT2D eigenvalue weighted by Crippen LogP contribution is 2.25. The number of primary sulfonamides is 1. The van der Waals surface area contributed by atoms with Gasteiger partial charge in [-0.2, -0.15) is 0 Å². The van der Waals surface area contributed by atoms with Crippen molar-refractivity contribution in [3.8, 4) is 0 Å². The highest BCUT2D eigenvalue weighted by atomic mass is 32.2. The highest BCUT2D eigenvalue weighted by molar-refractivity contribution is 7.89. The Morgan fingerprint density at radius 3 is 2.39 bits per heavy atom. The molecule has 18 heavy (non-hydrogen) atoms. The molecule has 1 aliphatic carbocycles. The van der Waals surface area contributed by atoms with Crippen LogP contribution in [-0.4, -0.2) is 21.5 Å². The van der Waals surface area contributed by atoms with E-state index in [9.17, 15) is 8.42 Å². The molecular formula is C13H20N2O2S. The highest BCUT2D eigenvalue weighted by Gasteiger charge is 2.16. The van der Waals surface area contributed by atoms with Gasteiger partial charge in [-0.25, -0.2) is 13.6 Å². The molecule has 5 heteroatoms. The van der Waals surface area contributed by atoms with E-state index in [0.717, 1.165) is 31.0 Å². The van der Waals surface area contributed by atoms with E-state index >= 15 is 0 Å². The van der Waals surface area contributed by atoms with E-state index in [1.807, 2.05) is 12.1 Å². The predicted octanol–water partition coefficient (Wildman–Crippen LogP) is 1.27. The largest absolute Gasteiger partial charge is 0.316 e. The second kappa shape index (κ2) is 5.82. The van der Waals surface area contributed by atoms with Gasteiger partial charge in [0, 0.05) is 0 Å². The summed E-state index contributed by atoms with van der Waals surface area (Å²) in [4.78, 5) is 0.175. The Balaban J connectivity index is 1.75. The van der Waals surface area contributed by atoms with E-state index < -0.39 is 10.0 Å². The van der Waals surface area contributed by atoms with Crippen molar-refractivity contribution in [2.75, 3.05) is 13.1 Å². The topological polar surface area (TPSA) is 72.2 Å². The molecule has 0 heterocycles. The van der Waals surface area contributed by atoms with Gasteiger partial charge >= 0.3 is 0 Å². The molecule has 0 spiro atoms. The number of nitrogens with one attached hydrogen (secondary N) is 1. The second-order valence-electron chi connectivity index (χ2n) is 4.94. The summed E-state index contributed by atoms with van der Waals surface area (Å²) in [6.07, 6.45) is 5.01. The molecule has 2 rings (SSSR count). The van der Waals surface area contributed by atoms with E-state index in [1.54, 1.807) is 12.1 Å². The maximum atomic E-state index is 11.1. The van der Waals surface area contributed by atoms with Crippen molar-refractivity contribution in [1.29, 1.82) is 0 Å². The van der Waals surface area contributed by atoms with Crippen molar-refractivity contribution in [3.63, 3.8) is 0 Å². The fraction of sp³-hybridized carbons (Fsp3) is 0.538. The summed E-state index contributed by atoms with van der Waals surface area (Å²) in [7, 11) is -3.57. The van der Waals surface area contributed by atoms with Crippen LogP contribution in [0, 0.1) is 5.92 Å². The number of sulfonamides is 1. The van der Waals surface area contributed by atoms with Crippen molar-refractivity contribution in [3.05, 3.63) is 29.8 Å². The molecular weight excluding hydrogens is 248 g/mol. The molecule has 0 saturated heterocycles. The number of hydrogen-bond donors (Lipinski definition) is 2. The predicted molar refractivity (Wildman–Crippen MR) is 71.7 cm³/mol. The zero-order valence-corrected chi connectivity index (χ0v) is 11.2. The lowest BCUT2D eigenvalue weighted by atomic mass is 9.85. The molecule has 0 unspecified atom stereocenters. The average molecular weight is 268 g/mol. The normalized spacial score (nSPS) is 16.5. The van der Waals surface area contributed by atoms with Gasteiger partial charge in [-0.3, -0.25) is 0 Å². The van der Waals surface area contributed by atoms with Crippen LogP contribution in [0.4, 0.5) is 0 Å². The quantitative estimate of drug-likeness (QED) is 0.763. The minimum Gasteiger partial charge on any atom is -0.316 e. The van der Waals surface area contributed by atoms with Crippen molar-refractivity contribution in [2.24, 2.45) is 11.1 Å². The molecule has 1 aliphatic rings. The van der Waals surface area contributed by atoms with Crippen LogP contribution in [0.25, 0.3) is 0 Å². The van der Waals surface area contributed by atoms with Crippen LogP contribution < -0.4 is 10.5 Å². The van der Waals surface area contributed by atoms with Crippen LogP contribution in [0.2, 0.25) is 0 Å². The zero-order valence-electron chi connectivity index (χ0n) is 10.4. The first-order chi connectivity index (χ1) is 8.55. The summed E-state index contributed by atoms with van der Waals surface area (Å²) in [6.45, 7) is 2.04. The van der Waals surface area contributed by atoms with Gasteiger partial charge in [-0.1, -0.05) is 18.6 Å². The second-order valence-corrected chi connectivity index (χ2v) is 6.50. The fourth-order valence-electron chi connectivity index (χ4n) is 2.08. The van der Waals surface area contributed by atoms with Crippen LogP contribution >= 0.6 is 0 Å². The van der Waals surface area contributed by atoms with Gasteiger partial charge in [0.1, 0.15) is 0 Å². The van der Waals surface area contributed by atoms with Gasteiger partial charge < -0.3 is 5.32 Å². The van der Waals surface area contributed by atoms with Crippen LogP contribution in [0.5, 0.6) is 0 Å². The lowest BCUT2D eigenvalue weighted by Gasteiger charge is -2.25. The smallest absolute Gasteiger partial charge is 0.238 e. The summed E-state index contributed by atoms with van der Waals surface area (Å²) in [5.74, 6) is 0.870. The van der Waals surface area contributed by atoms with Gasteiger partial charge in [0.15, 0.2) is 0 Å². The SMILES string of the molecule is NS(=O)(=O)c1ccc(CCNCC2CCC2)cc1. The van der Waals surface area contributed by atoms with Gasteiger partial charge in [0.05, 0.1) is 4.90 Å². The van der Waals surface area contributed by atoms with Crippen LogP contribution in [0.15, 0.2) is 29.2 Å². The molecule has 1 fully saturated rings. The van der Waals surface area contributed by atoms with Gasteiger partial charge in [0.25, 0.3) is 0 Å². The molecule has 0 radical (unpaired) electrons. The van der Waals surface area contributed by atoms with E-state index in [4.69, 9.17) is 5.14 Å². The Morgan fingerprint density at radius 2 is 1.89 bits per heavy atom. The van der Waals surface area contributed by atoms with Crippen LogP contribution in [-0.2, 0) is 16.4 Å². The third-order valence-electron chi connectivity index (χ3n) is 3.50. The Morgan fingerprint density at radius 1 is 1.22 bits per heavy atom. The average Bonchev–Trinajstić information content (AvgIpc) is 2.26. The maximum absolute atomic E-state index is 11.1. The minimum atomic E-state index is -3.57. The summed E-state index contributed by atoms with van der Waals surface area (Å²) in [5, 5.41) is 8.48. The first kappa shape index (κ1) is 13.5. The van der Waals surface area contributed by atoms with Gasteiger partial charge in [0.2, 0.25) is 10.0 Å². The summed E-state index contributed by atoms with van der Waals surface area (Å²) < 4.78 is 22.2. The molecule has 0 aliphatic heterocycles. The Hall–Kier alpha value is -0.910. The maximum Gasteiger partial charge on any atom is 0.238 e. The van der Waals surface area contributed by atoms with E-state index in [0.29, 0.717) is 0 Å². The van der Waals surface area contributed by atoms with Crippen molar-refractivity contribution in [1.82, 2.24) is 5.32 Å². The first-order valence-corrected chi connectivity index (χ1v) is 7.93. The van der Waals surface area contributed by atoms with E-state index in [-0.39, 0.29) is 4.90 Å². The van der Waals surface area contributed by atoms with Crippen LogP contribution in [0.3, 0.4) is 0 Å². The van der Waals surface area contributed by atoms with Crippen molar-refractivity contribution < 1.29 is 8.42 Å². The summed E-state index contributed by atoms with van der Waals surface area (Å²) in [6, 6.07) is 6.78. The molecule has 1 aromatic rings. The molecule has 0 amide bonds. The molecule has 100 valence electrons. The lowest BCUT2D eigenvalue weighted by Crippen LogP contribution is -2.28. The molecule has 1 aromatic carbocycles. The van der Waals surface area contributed by atoms with Gasteiger partial charge in [-0.05, 0) is 56.0 Å². The van der Waals surface area contributed by atoms with Crippen molar-refractivity contribution >= 4 is 10.0 Å². The molecule has 3 N–H and O–H groups in total. The number of rotatable bonds is 6. The standard InChI is InChI=1S/C13H20N2O2S/c14-18(16,17)13-6-4-11(5-7-13)8-9-15-10-12-2-1-3-12/h4-7,12,15H,1-3,8-10H2,(H2,14,16,17). The Kier molecular flexibility index (Phi) is 4.37. The molecule has 1 saturated carbocycles. The molecule has 0 aromatic heterocycles. The Labute approximate surface area is 109 Å². The molecule has 0 bridgehead atoms. The molecule has 4 nitrogen and oxygen atoms in total. The number of nitrogens with two attached hydrogens (primary N) is 1. The fourth-order valence-corrected chi connectivity index (χ4v) is 2.60. The molecule has 0 atom stereocenters. The zero-order chi connectivity index (χ0) is 13.0. The Bertz CT molecular complexity index is 478.